The largest absolute Gasteiger partial charge is 0.497 e. The normalized spacial score (nSPS) is 18.5. The number of carbonyl (C=O) groups excluding carboxylic acids is 2. The van der Waals surface area contributed by atoms with Gasteiger partial charge in [0, 0.05) is 17.6 Å². The molecular weight excluding hydrogens is 761 g/mol. The van der Waals surface area contributed by atoms with Crippen molar-refractivity contribution in [3.63, 3.8) is 0 Å². The van der Waals surface area contributed by atoms with Crippen molar-refractivity contribution in [1.82, 2.24) is 14.6 Å². The highest BCUT2D eigenvalue weighted by molar-refractivity contribution is 7.45. The number of furan rings is 1. The van der Waals surface area contributed by atoms with Gasteiger partial charge in [-0.05, 0) is 42.8 Å². The van der Waals surface area contributed by atoms with Gasteiger partial charge in [0.15, 0.2) is 24.0 Å². The van der Waals surface area contributed by atoms with Crippen LogP contribution in [0.4, 0.5) is 19.4 Å². The second-order valence-electron chi connectivity index (χ2n) is 12.2. The second-order valence-corrected chi connectivity index (χ2v) is 13.4. The van der Waals surface area contributed by atoms with E-state index in [9.17, 15) is 19.5 Å². The van der Waals surface area contributed by atoms with E-state index >= 15 is 8.78 Å². The highest BCUT2D eigenvalue weighted by atomic mass is 31.2. The third kappa shape index (κ3) is 9.58. The molecule has 16 nitrogen and oxygen atoms in total. The van der Waals surface area contributed by atoms with Crippen LogP contribution < -0.4 is 30.1 Å². The summed E-state index contributed by atoms with van der Waals surface area (Å²) in [5, 5.41) is 16.4. The number of ether oxygens (including phenoxy) is 5. The smallest absolute Gasteiger partial charge is 0.413 e. The molecule has 0 radical (unpaired) electrons. The van der Waals surface area contributed by atoms with Crippen LogP contribution in [0.25, 0.3) is 11.0 Å². The number of hydrogen-bond donors (Lipinski definition) is 3. The number of benzene rings is 3. The summed E-state index contributed by atoms with van der Waals surface area (Å²) in [6.07, 6.45) is -6.46. The molecule has 0 spiro atoms. The molecule has 3 heterocycles. The van der Waals surface area contributed by atoms with Crippen molar-refractivity contribution in [2.24, 2.45) is 0 Å². The van der Waals surface area contributed by atoms with E-state index in [1.54, 1.807) is 72.8 Å². The predicted molar refractivity (Wildman–Crippen MR) is 195 cm³/mol. The fourth-order valence-electron chi connectivity index (χ4n) is 5.41. The number of amides is 1. The Morgan fingerprint density at radius 1 is 0.982 bits per heavy atom. The highest BCUT2D eigenvalue weighted by Gasteiger charge is 2.60. The molecule has 5 aromatic rings. The highest BCUT2D eigenvalue weighted by Crippen LogP contribution is 2.44. The summed E-state index contributed by atoms with van der Waals surface area (Å²) in [5.41, 5.74) is -0.0395. The molecule has 3 N–H and O–H groups in total. The Kier molecular flexibility index (Phi) is 12.8. The summed E-state index contributed by atoms with van der Waals surface area (Å²) < 4.78 is 75.3. The van der Waals surface area contributed by atoms with E-state index in [0.29, 0.717) is 32.8 Å². The Morgan fingerprint density at radius 2 is 1.71 bits per heavy atom. The van der Waals surface area contributed by atoms with Crippen molar-refractivity contribution in [2.75, 3.05) is 26.1 Å². The van der Waals surface area contributed by atoms with Gasteiger partial charge in [0.25, 0.3) is 0 Å². The van der Waals surface area contributed by atoms with Crippen LogP contribution >= 0.6 is 8.53 Å². The lowest BCUT2D eigenvalue weighted by atomic mass is 10.1. The average molecular weight is 799 g/mol. The van der Waals surface area contributed by atoms with E-state index in [-0.39, 0.29) is 24.8 Å². The number of para-hydroxylation sites is 1. The fourth-order valence-corrected chi connectivity index (χ4v) is 6.60. The van der Waals surface area contributed by atoms with Crippen molar-refractivity contribution in [1.29, 1.82) is 0 Å². The maximum atomic E-state index is 15.4. The van der Waals surface area contributed by atoms with Gasteiger partial charge in [0.2, 0.25) is 6.23 Å². The number of fused-ring (bicyclic) bond motifs is 1. The van der Waals surface area contributed by atoms with E-state index in [1.807, 2.05) is 6.07 Å². The minimum absolute atomic E-state index is 0.0222. The number of esters is 1. The van der Waals surface area contributed by atoms with Crippen LogP contribution in [0.5, 0.6) is 17.2 Å². The van der Waals surface area contributed by atoms with Gasteiger partial charge in [-0.3, -0.25) is 14.7 Å². The van der Waals surface area contributed by atoms with Crippen molar-refractivity contribution in [2.45, 2.75) is 50.5 Å². The Morgan fingerprint density at radius 3 is 2.41 bits per heavy atom. The Bertz CT molecular complexity index is 2180. The third-order valence-electron chi connectivity index (χ3n) is 8.26. The van der Waals surface area contributed by atoms with Gasteiger partial charge in [-0.25, -0.2) is 14.7 Å². The van der Waals surface area contributed by atoms with Crippen molar-refractivity contribution in [3.05, 3.63) is 113 Å². The zero-order valence-corrected chi connectivity index (χ0v) is 31.0. The summed E-state index contributed by atoms with van der Waals surface area (Å²) in [6, 6.07) is 22.5. The molecule has 1 amide bonds. The molecule has 56 heavy (non-hydrogen) atoms. The van der Waals surface area contributed by atoms with Gasteiger partial charge < -0.3 is 42.3 Å². The van der Waals surface area contributed by atoms with E-state index in [1.165, 1.54) is 21.1 Å². The fraction of sp³-hybridized carbons (Fsp3) is 0.297. The van der Waals surface area contributed by atoms with Crippen molar-refractivity contribution < 1.29 is 60.6 Å². The number of methoxy groups -OCH3 is 2. The van der Waals surface area contributed by atoms with E-state index in [4.69, 9.17) is 37.1 Å². The molecule has 1 saturated heterocycles. The standard InChI is InChI=1S/C37H37F2N4O12P/c1-22(33(45)50-19-23-10-6-4-7-11-23)42-56(55-25-12-8-5-9-13-25)52-21-29-32(44)37(38,39)34(54-29)43-15-14-30(40-35(43)46)41-36(47)51-20-27-17-24-16-26(48-2)18-28(49-3)31(24)53-27/h4-18,22,29,32,34,42,44H,19-21H2,1-3H3,(H,40,41,46,47)/t22-,29+,32+,34+,56?/m0/s1. The summed E-state index contributed by atoms with van der Waals surface area (Å²) in [6.45, 7) is 0.593. The number of halogens is 2. The van der Waals surface area contributed by atoms with Gasteiger partial charge in [0.05, 0.1) is 20.8 Å². The molecule has 3 aromatic carbocycles. The Labute approximate surface area is 319 Å². The van der Waals surface area contributed by atoms with Gasteiger partial charge in [0.1, 0.15) is 41.8 Å². The number of aromatic nitrogens is 2. The maximum absolute atomic E-state index is 15.4. The first-order valence-electron chi connectivity index (χ1n) is 17.0. The molecule has 0 aliphatic carbocycles. The molecule has 1 unspecified atom stereocenters. The number of aliphatic hydroxyl groups excluding tert-OH is 1. The van der Waals surface area contributed by atoms with Gasteiger partial charge >= 0.3 is 32.2 Å². The Hall–Kier alpha value is -5.65. The van der Waals surface area contributed by atoms with E-state index in [2.05, 4.69) is 15.4 Å². The first kappa shape index (κ1) is 40.0. The van der Waals surface area contributed by atoms with Crippen LogP contribution in [-0.2, 0) is 36.7 Å². The number of anilines is 1. The molecule has 19 heteroatoms. The first-order valence-corrected chi connectivity index (χ1v) is 18.1. The number of alkyl halides is 2. The summed E-state index contributed by atoms with van der Waals surface area (Å²) in [5.74, 6) is -3.37. The topological polar surface area (TPSA) is 191 Å². The molecule has 6 rings (SSSR count). The molecular formula is C37H37F2N4O12P. The van der Waals surface area contributed by atoms with Crippen LogP contribution in [-0.4, -0.2) is 71.7 Å². The molecule has 0 saturated carbocycles. The number of nitrogens with zero attached hydrogens (tertiary/aromatic N) is 2. The minimum Gasteiger partial charge on any atom is -0.497 e. The first-order chi connectivity index (χ1) is 26.9. The SMILES string of the molecule is COc1cc(OC)c2oc(COC(=O)Nc3ccn([C@@H]4O[C@H](COP(N[C@@H](C)C(=O)OCc5ccccc5)Oc5ccccc5)[C@@H](O)C4(F)F)c(=O)n3)cc2c1. The van der Waals surface area contributed by atoms with Crippen LogP contribution in [0.3, 0.4) is 0 Å². The molecule has 0 bridgehead atoms. The molecule has 1 aliphatic heterocycles. The van der Waals surface area contributed by atoms with Crippen molar-refractivity contribution in [3.8, 4) is 17.2 Å². The van der Waals surface area contributed by atoms with E-state index < -0.39 is 63.3 Å². The Balaban J connectivity index is 1.06. The predicted octanol–water partition coefficient (Wildman–Crippen LogP) is 5.69. The van der Waals surface area contributed by atoms with Crippen LogP contribution in [0.15, 0.2) is 100 Å². The lowest BCUT2D eigenvalue weighted by Crippen LogP contribution is -2.42. The summed E-state index contributed by atoms with van der Waals surface area (Å²) >= 11 is 0. The zero-order valence-electron chi connectivity index (χ0n) is 30.1. The monoisotopic (exact) mass is 798 g/mol. The number of aliphatic hydroxyl groups is 1. The number of nitrogens with one attached hydrogen (secondary N) is 2. The quantitative estimate of drug-likeness (QED) is 0.0815. The summed E-state index contributed by atoms with van der Waals surface area (Å²) in [7, 11) is 0.772. The molecule has 1 aliphatic rings. The summed E-state index contributed by atoms with van der Waals surface area (Å²) in [4.78, 5) is 41.8. The van der Waals surface area contributed by atoms with Crippen LogP contribution in [0.2, 0.25) is 0 Å². The maximum Gasteiger partial charge on any atom is 0.413 e. The molecule has 2 aromatic heterocycles. The van der Waals surface area contributed by atoms with Crippen LogP contribution in [0, 0.1) is 0 Å². The second kappa shape index (κ2) is 17.9. The number of hydrogen-bond acceptors (Lipinski definition) is 14. The molecule has 5 atom stereocenters. The van der Waals surface area contributed by atoms with Crippen LogP contribution in [0.1, 0.15) is 24.5 Å². The molecule has 1 fully saturated rings. The average Bonchev–Trinajstić information content (AvgIpc) is 3.72. The third-order valence-corrected chi connectivity index (χ3v) is 9.62. The zero-order chi connectivity index (χ0) is 39.8. The number of carbonyl (C=O) groups is 2. The minimum atomic E-state index is -3.99. The van der Waals surface area contributed by atoms with Gasteiger partial charge in [-0.2, -0.15) is 13.8 Å². The van der Waals surface area contributed by atoms with Gasteiger partial charge in [-0.1, -0.05) is 48.5 Å². The van der Waals surface area contributed by atoms with Gasteiger partial charge in [-0.15, -0.1) is 0 Å². The molecule has 296 valence electrons. The lowest BCUT2D eigenvalue weighted by Gasteiger charge is -2.23. The van der Waals surface area contributed by atoms with Crippen molar-refractivity contribution >= 4 is 37.4 Å². The lowest BCUT2D eigenvalue weighted by molar-refractivity contribution is -0.146. The number of rotatable bonds is 16. The van der Waals surface area contributed by atoms with E-state index in [0.717, 1.165) is 17.8 Å².